The molecular weight excluding hydrogens is 227 g/mol. The molecule has 100 valence electrons. The fraction of sp³-hybridized carbons (Fsp3) is 0.769. The van der Waals surface area contributed by atoms with E-state index in [4.69, 9.17) is 9.31 Å². The van der Waals surface area contributed by atoms with E-state index in [1.54, 1.807) is 0 Å². The largest absolute Gasteiger partial charge is 0.498 e. The Morgan fingerprint density at radius 2 is 1.67 bits per heavy atom. The molecule has 0 unspecified atom stereocenters. The van der Waals surface area contributed by atoms with E-state index in [2.05, 4.69) is 53.6 Å². The Kier molecular flexibility index (Phi) is 3.10. The van der Waals surface area contributed by atoms with Crippen molar-refractivity contribution in [1.29, 1.82) is 0 Å². The molecule has 1 aromatic heterocycles. The zero-order valence-electron chi connectivity index (χ0n) is 12.4. The fourth-order valence-corrected chi connectivity index (χ4v) is 2.16. The zero-order chi connectivity index (χ0) is 13.7. The summed E-state index contributed by atoms with van der Waals surface area (Å²) in [6.45, 7) is 14.6. The molecule has 0 aromatic carbocycles. The van der Waals surface area contributed by atoms with Gasteiger partial charge in [0, 0.05) is 23.4 Å². The van der Waals surface area contributed by atoms with E-state index < -0.39 is 0 Å². The lowest BCUT2D eigenvalue weighted by atomic mass is 9.79. The standard InChI is InChI=1S/C13H23BN2O2/c1-9(2)16-10(3)11(8-15-16)14-17-12(4,5)13(6,7)18-14/h8-9H,1-7H3. The topological polar surface area (TPSA) is 36.3 Å². The molecule has 2 heterocycles. The van der Waals surface area contributed by atoms with Gasteiger partial charge >= 0.3 is 7.12 Å². The summed E-state index contributed by atoms with van der Waals surface area (Å²) < 4.78 is 14.1. The maximum atomic E-state index is 6.05. The molecule has 0 amide bonds. The molecule has 4 nitrogen and oxygen atoms in total. The molecule has 1 saturated heterocycles. The van der Waals surface area contributed by atoms with Crippen molar-refractivity contribution in [3.05, 3.63) is 11.9 Å². The third-order valence-corrected chi connectivity index (χ3v) is 4.08. The minimum absolute atomic E-state index is 0.302. The highest BCUT2D eigenvalue weighted by Crippen LogP contribution is 2.36. The van der Waals surface area contributed by atoms with E-state index in [0.29, 0.717) is 6.04 Å². The molecule has 1 fully saturated rings. The molecule has 18 heavy (non-hydrogen) atoms. The summed E-state index contributed by atoms with van der Waals surface area (Å²) in [7, 11) is -0.317. The number of aromatic nitrogens is 2. The summed E-state index contributed by atoms with van der Waals surface area (Å²) in [6, 6.07) is 0.348. The Bertz CT molecular complexity index is 436. The first-order valence-electron chi connectivity index (χ1n) is 6.55. The minimum Gasteiger partial charge on any atom is -0.399 e. The van der Waals surface area contributed by atoms with Crippen LogP contribution in [0.1, 0.15) is 53.3 Å². The van der Waals surface area contributed by atoms with Crippen LogP contribution in [0.15, 0.2) is 6.20 Å². The first-order valence-corrected chi connectivity index (χ1v) is 6.55. The molecule has 0 radical (unpaired) electrons. The van der Waals surface area contributed by atoms with E-state index in [-0.39, 0.29) is 18.3 Å². The number of rotatable bonds is 2. The van der Waals surface area contributed by atoms with Crippen LogP contribution in [0.3, 0.4) is 0 Å². The Morgan fingerprint density at radius 3 is 2.06 bits per heavy atom. The van der Waals surface area contributed by atoms with Gasteiger partial charge in [0.1, 0.15) is 0 Å². The average Bonchev–Trinajstić information content (AvgIpc) is 2.66. The van der Waals surface area contributed by atoms with E-state index in [9.17, 15) is 0 Å². The quantitative estimate of drug-likeness (QED) is 0.754. The number of hydrogen-bond donors (Lipinski definition) is 0. The second kappa shape index (κ2) is 4.10. The van der Waals surface area contributed by atoms with Gasteiger partial charge < -0.3 is 9.31 Å². The van der Waals surface area contributed by atoms with E-state index in [1.165, 1.54) is 0 Å². The maximum absolute atomic E-state index is 6.05. The van der Waals surface area contributed by atoms with Crippen LogP contribution in [-0.2, 0) is 9.31 Å². The van der Waals surface area contributed by atoms with Crippen molar-refractivity contribution < 1.29 is 9.31 Å². The Hall–Kier alpha value is -0.805. The summed E-state index contributed by atoms with van der Waals surface area (Å²) in [4.78, 5) is 0. The smallest absolute Gasteiger partial charge is 0.399 e. The fourth-order valence-electron chi connectivity index (χ4n) is 2.16. The summed E-state index contributed by atoms with van der Waals surface area (Å²) in [6.07, 6.45) is 1.86. The summed E-state index contributed by atoms with van der Waals surface area (Å²) in [5, 5.41) is 4.41. The summed E-state index contributed by atoms with van der Waals surface area (Å²) >= 11 is 0. The third kappa shape index (κ3) is 1.99. The second-order valence-electron chi connectivity index (χ2n) is 6.31. The lowest BCUT2D eigenvalue weighted by molar-refractivity contribution is 0.00578. The average molecular weight is 250 g/mol. The SMILES string of the molecule is Cc1c(B2OC(C)(C)C(C)(C)O2)cnn1C(C)C. The monoisotopic (exact) mass is 250 g/mol. The van der Waals surface area contributed by atoms with Gasteiger partial charge in [0.15, 0.2) is 0 Å². The van der Waals surface area contributed by atoms with Crippen molar-refractivity contribution in [2.75, 3.05) is 0 Å². The second-order valence-corrected chi connectivity index (χ2v) is 6.31. The molecule has 0 spiro atoms. The van der Waals surface area contributed by atoms with Crippen LogP contribution in [-0.4, -0.2) is 28.1 Å². The highest BCUT2D eigenvalue weighted by atomic mass is 16.7. The first kappa shape index (κ1) is 13.6. The lowest BCUT2D eigenvalue weighted by Gasteiger charge is -2.32. The van der Waals surface area contributed by atoms with Crippen molar-refractivity contribution in [3.63, 3.8) is 0 Å². The molecular formula is C13H23BN2O2. The number of hydrogen-bond acceptors (Lipinski definition) is 3. The Balaban J connectivity index is 2.30. The predicted octanol–water partition coefficient (Wildman–Crippen LogP) is 2.07. The van der Waals surface area contributed by atoms with Crippen LogP contribution in [0.5, 0.6) is 0 Å². The Labute approximate surface area is 110 Å². The highest BCUT2D eigenvalue weighted by molar-refractivity contribution is 6.62. The van der Waals surface area contributed by atoms with Gasteiger partial charge in [0.25, 0.3) is 0 Å². The highest BCUT2D eigenvalue weighted by Gasteiger charge is 2.52. The lowest BCUT2D eigenvalue weighted by Crippen LogP contribution is -2.41. The molecule has 1 aliphatic rings. The molecule has 5 heteroatoms. The molecule has 1 aliphatic heterocycles. The van der Waals surface area contributed by atoms with Crippen LogP contribution in [0.4, 0.5) is 0 Å². The van der Waals surface area contributed by atoms with Gasteiger partial charge in [-0.3, -0.25) is 4.68 Å². The van der Waals surface area contributed by atoms with Crippen LogP contribution < -0.4 is 5.46 Å². The van der Waals surface area contributed by atoms with E-state index in [0.717, 1.165) is 11.2 Å². The van der Waals surface area contributed by atoms with Crippen LogP contribution >= 0.6 is 0 Å². The normalized spacial score (nSPS) is 21.9. The van der Waals surface area contributed by atoms with Crippen LogP contribution in [0, 0.1) is 6.92 Å². The van der Waals surface area contributed by atoms with Crippen molar-refractivity contribution >= 4 is 12.6 Å². The zero-order valence-corrected chi connectivity index (χ0v) is 12.4. The molecule has 0 N–H and O–H groups in total. The molecule has 0 atom stereocenters. The van der Waals surface area contributed by atoms with Gasteiger partial charge in [-0.2, -0.15) is 5.10 Å². The van der Waals surface area contributed by atoms with Crippen LogP contribution in [0.2, 0.25) is 0 Å². The molecule has 1 aromatic rings. The molecule has 2 rings (SSSR count). The van der Waals surface area contributed by atoms with Gasteiger partial charge in [0.2, 0.25) is 0 Å². The summed E-state index contributed by atoms with van der Waals surface area (Å²) in [5.74, 6) is 0. The molecule has 0 saturated carbocycles. The predicted molar refractivity (Wildman–Crippen MR) is 73.1 cm³/mol. The summed E-state index contributed by atoms with van der Waals surface area (Å²) in [5.41, 5.74) is 1.54. The molecule has 0 aliphatic carbocycles. The Morgan fingerprint density at radius 1 is 1.17 bits per heavy atom. The minimum atomic E-state index is -0.317. The van der Waals surface area contributed by atoms with Crippen molar-refractivity contribution in [1.82, 2.24) is 9.78 Å². The first-order chi connectivity index (χ1) is 8.16. The van der Waals surface area contributed by atoms with Gasteiger partial charge in [-0.1, -0.05) is 0 Å². The van der Waals surface area contributed by atoms with Crippen molar-refractivity contribution in [2.24, 2.45) is 0 Å². The van der Waals surface area contributed by atoms with E-state index >= 15 is 0 Å². The van der Waals surface area contributed by atoms with Gasteiger partial charge in [-0.05, 0) is 48.5 Å². The van der Waals surface area contributed by atoms with Crippen LogP contribution in [0.25, 0.3) is 0 Å². The third-order valence-electron chi connectivity index (χ3n) is 4.08. The van der Waals surface area contributed by atoms with Crippen molar-refractivity contribution in [2.45, 2.75) is 65.7 Å². The van der Waals surface area contributed by atoms with Gasteiger partial charge in [-0.15, -0.1) is 0 Å². The van der Waals surface area contributed by atoms with Gasteiger partial charge in [0.05, 0.1) is 11.2 Å². The number of nitrogens with zero attached hydrogens (tertiary/aromatic N) is 2. The van der Waals surface area contributed by atoms with Crippen molar-refractivity contribution in [3.8, 4) is 0 Å². The van der Waals surface area contributed by atoms with E-state index in [1.807, 2.05) is 10.9 Å². The van der Waals surface area contributed by atoms with Gasteiger partial charge in [-0.25, -0.2) is 0 Å². The molecule has 0 bridgehead atoms. The maximum Gasteiger partial charge on any atom is 0.498 e.